The molecule has 0 radical (unpaired) electrons. The van der Waals surface area contributed by atoms with Gasteiger partial charge in [-0.1, -0.05) is 27.2 Å². The molecule has 3 aliphatic rings. The third-order valence-electron chi connectivity index (χ3n) is 9.58. The van der Waals surface area contributed by atoms with E-state index in [0.29, 0.717) is 51.4 Å². The lowest BCUT2D eigenvalue weighted by Crippen LogP contribution is -2.66. The second-order valence-electron chi connectivity index (χ2n) is 15.3. The molecule has 0 aliphatic carbocycles. The van der Waals surface area contributed by atoms with E-state index in [0.717, 1.165) is 5.56 Å². The van der Waals surface area contributed by atoms with Crippen molar-refractivity contribution in [2.45, 2.75) is 123 Å². The molecule has 2 fully saturated rings. The summed E-state index contributed by atoms with van der Waals surface area (Å²) in [6, 6.07) is 1.16. The summed E-state index contributed by atoms with van der Waals surface area (Å²) in [6.45, 7) is 22.0. The molecule has 2 saturated heterocycles. The molecule has 1 aromatic heterocycles. The third-order valence-corrected chi connectivity index (χ3v) is 9.58. The molecule has 0 aromatic carbocycles. The highest BCUT2D eigenvalue weighted by atomic mass is 19.3. The first-order valence-corrected chi connectivity index (χ1v) is 16.7. The highest BCUT2D eigenvalue weighted by molar-refractivity contribution is 5.97. The van der Waals surface area contributed by atoms with Gasteiger partial charge in [0.05, 0.1) is 12.2 Å². The number of amides is 3. The number of carbonyl (C=O) groups excluding carboxylic acids is 3. The molecule has 0 N–H and O–H groups in total. The summed E-state index contributed by atoms with van der Waals surface area (Å²) in [5.41, 5.74) is -0.130. The summed E-state index contributed by atoms with van der Waals surface area (Å²) in [5.74, 6) is -3.20. The van der Waals surface area contributed by atoms with Crippen LogP contribution in [0.3, 0.4) is 0 Å². The molecule has 46 heavy (non-hydrogen) atoms. The van der Waals surface area contributed by atoms with Crippen molar-refractivity contribution in [3.05, 3.63) is 23.5 Å². The largest absolute Gasteiger partial charge is 0.444 e. The molecule has 4 atom stereocenters. The van der Waals surface area contributed by atoms with E-state index in [-0.39, 0.29) is 60.7 Å². The number of fused-ring (bicyclic) bond motifs is 1. The minimum Gasteiger partial charge on any atom is -0.444 e. The smallest absolute Gasteiger partial charge is 0.410 e. The third kappa shape index (κ3) is 7.81. The Morgan fingerprint density at radius 1 is 1.02 bits per heavy atom. The van der Waals surface area contributed by atoms with Gasteiger partial charge < -0.3 is 19.4 Å². The topological polar surface area (TPSA) is 89.5 Å². The van der Waals surface area contributed by atoms with Crippen molar-refractivity contribution in [3.8, 4) is 0 Å². The molecule has 4 rings (SSSR count). The van der Waals surface area contributed by atoms with Crippen molar-refractivity contribution < 1.29 is 27.9 Å². The van der Waals surface area contributed by atoms with Crippen LogP contribution in [-0.4, -0.2) is 118 Å². The number of pyridine rings is 1. The lowest BCUT2D eigenvalue weighted by molar-refractivity contribution is -0.134. The molecule has 0 unspecified atom stereocenters. The number of hydrogen-bond donors (Lipinski definition) is 0. The van der Waals surface area contributed by atoms with Gasteiger partial charge in [0.2, 0.25) is 11.8 Å². The van der Waals surface area contributed by atoms with E-state index in [9.17, 15) is 23.2 Å². The van der Waals surface area contributed by atoms with E-state index in [1.807, 2.05) is 46.4 Å². The number of hydrogen-bond acceptors (Lipinski definition) is 7. The number of halogens is 2. The maximum absolute atomic E-state index is 14.9. The fourth-order valence-electron chi connectivity index (χ4n) is 7.15. The van der Waals surface area contributed by atoms with E-state index in [1.54, 1.807) is 23.6 Å². The number of carbonyl (C=O) groups is 3. The van der Waals surface area contributed by atoms with Gasteiger partial charge in [-0.15, -0.1) is 0 Å². The van der Waals surface area contributed by atoms with Crippen molar-refractivity contribution in [2.75, 3.05) is 50.7 Å². The maximum atomic E-state index is 14.9. The molecule has 0 bridgehead atoms. The van der Waals surface area contributed by atoms with Crippen LogP contribution in [0.2, 0.25) is 0 Å². The highest BCUT2D eigenvalue weighted by Crippen LogP contribution is 2.43. The Balaban J connectivity index is 1.61. The van der Waals surface area contributed by atoms with E-state index in [1.165, 1.54) is 12.3 Å². The quantitative estimate of drug-likeness (QED) is 0.418. The van der Waals surface area contributed by atoms with Crippen molar-refractivity contribution in [1.82, 2.24) is 24.6 Å². The molecule has 1 aromatic rings. The van der Waals surface area contributed by atoms with E-state index < -0.39 is 16.9 Å². The fraction of sp³-hybridized carbons (Fsp3) is 0.765. The maximum Gasteiger partial charge on any atom is 0.410 e. The molecule has 10 nitrogen and oxygen atoms in total. The Kier molecular flexibility index (Phi) is 10.4. The molecule has 3 amide bonds. The van der Waals surface area contributed by atoms with E-state index >= 15 is 0 Å². The molecule has 4 heterocycles. The molecule has 258 valence electrons. The molecule has 12 heteroatoms. The Bertz CT molecular complexity index is 1290. The summed E-state index contributed by atoms with van der Waals surface area (Å²) in [7, 11) is 0. The van der Waals surface area contributed by atoms with Crippen LogP contribution in [-0.2, 0) is 25.7 Å². The van der Waals surface area contributed by atoms with Crippen molar-refractivity contribution in [2.24, 2.45) is 0 Å². The van der Waals surface area contributed by atoms with Crippen LogP contribution in [0.15, 0.2) is 12.3 Å². The first-order valence-electron chi connectivity index (χ1n) is 16.7. The first kappa shape index (κ1) is 36.0. The second kappa shape index (κ2) is 13.3. The van der Waals surface area contributed by atoms with Gasteiger partial charge in [0.15, 0.2) is 0 Å². The minimum atomic E-state index is -3.08. The Labute approximate surface area is 273 Å². The number of nitrogens with zero attached hydrogens (tertiary/aromatic N) is 6. The highest BCUT2D eigenvalue weighted by Gasteiger charge is 2.44. The zero-order chi connectivity index (χ0) is 34.4. The molecule has 3 aliphatic heterocycles. The number of alkyl halides is 2. The van der Waals surface area contributed by atoms with Crippen molar-refractivity contribution >= 4 is 23.6 Å². The summed E-state index contributed by atoms with van der Waals surface area (Å²) >= 11 is 0. The van der Waals surface area contributed by atoms with Gasteiger partial charge in [-0.2, -0.15) is 8.78 Å². The van der Waals surface area contributed by atoms with Gasteiger partial charge in [0.1, 0.15) is 11.3 Å². The normalized spacial score (nSPS) is 25.9. The van der Waals surface area contributed by atoms with E-state index in [4.69, 9.17) is 4.74 Å². The van der Waals surface area contributed by atoms with Crippen LogP contribution in [0.1, 0.15) is 93.3 Å². The van der Waals surface area contributed by atoms with Crippen LogP contribution in [0, 0.1) is 0 Å². The number of piperazine rings is 2. The lowest BCUT2D eigenvalue weighted by atomic mass is 9.88. The summed E-state index contributed by atoms with van der Waals surface area (Å²) < 4.78 is 35.6. The van der Waals surface area contributed by atoms with Crippen LogP contribution >= 0.6 is 0 Å². The number of aromatic nitrogens is 1. The van der Waals surface area contributed by atoms with Gasteiger partial charge in [-0.05, 0) is 47.6 Å². The van der Waals surface area contributed by atoms with Gasteiger partial charge in [-0.3, -0.25) is 24.4 Å². The van der Waals surface area contributed by atoms with Crippen LogP contribution in [0.5, 0.6) is 0 Å². The predicted octanol–water partition coefficient (Wildman–Crippen LogP) is 4.85. The zero-order valence-electron chi connectivity index (χ0n) is 29.4. The monoisotopic (exact) mass is 648 g/mol. The first-order chi connectivity index (χ1) is 21.2. The second-order valence-corrected chi connectivity index (χ2v) is 15.3. The Morgan fingerprint density at radius 2 is 1.65 bits per heavy atom. The summed E-state index contributed by atoms with van der Waals surface area (Å²) in [6.07, 6.45) is 1.13. The number of anilines is 1. The molecule has 0 saturated carbocycles. The lowest BCUT2D eigenvalue weighted by Gasteiger charge is -2.50. The minimum absolute atomic E-state index is 0.0489. The summed E-state index contributed by atoms with van der Waals surface area (Å²) in [4.78, 5) is 53.5. The Morgan fingerprint density at radius 3 is 2.22 bits per heavy atom. The average Bonchev–Trinajstić information content (AvgIpc) is 3.20. The van der Waals surface area contributed by atoms with Crippen LogP contribution in [0.25, 0.3) is 0 Å². The van der Waals surface area contributed by atoms with Gasteiger partial charge in [0, 0.05) is 94.0 Å². The van der Waals surface area contributed by atoms with Gasteiger partial charge in [0.25, 0.3) is 5.92 Å². The van der Waals surface area contributed by atoms with Crippen LogP contribution < -0.4 is 4.90 Å². The van der Waals surface area contributed by atoms with Gasteiger partial charge >= 0.3 is 6.09 Å². The predicted molar refractivity (Wildman–Crippen MR) is 174 cm³/mol. The standard InChI is InChI=1S/C34H54F2N6O4/c1-11-12-34(35,36)29-13-28-27(14-37-29)33(9,10)21-42(28)30(44)20-39-17-24(4)41(31(45)46-32(6,7)8)19-26(39)18-40-22(2)15-38(25(5)43)16-23(40)3/h13-14,22-24,26H,11-12,15-21H2,1-10H3/t22-,23+,24-,26+/m1/s1. The number of ether oxygens (including phenoxy) is 1. The average molecular weight is 649 g/mol. The summed E-state index contributed by atoms with van der Waals surface area (Å²) in [5, 5.41) is 0. The SMILES string of the molecule is CCCC(F)(F)c1cc2c(cn1)C(C)(C)CN2C(=O)CN1C[C@@H](C)N(C(=O)OC(C)(C)C)C[C@@H]1CN1[C@H](C)CN(C(C)=O)C[C@@H]1C. The number of rotatable bonds is 7. The van der Waals surface area contributed by atoms with E-state index in [2.05, 4.69) is 28.6 Å². The zero-order valence-corrected chi connectivity index (χ0v) is 29.4. The molecular weight excluding hydrogens is 594 g/mol. The van der Waals surface area contributed by atoms with Crippen molar-refractivity contribution in [3.63, 3.8) is 0 Å². The Hall–Kier alpha value is -2.86. The van der Waals surface area contributed by atoms with Crippen molar-refractivity contribution in [1.29, 1.82) is 0 Å². The fourth-order valence-corrected chi connectivity index (χ4v) is 7.15. The van der Waals surface area contributed by atoms with Crippen LogP contribution in [0.4, 0.5) is 19.3 Å². The van der Waals surface area contributed by atoms with Gasteiger partial charge in [-0.25, -0.2) is 4.79 Å². The molecule has 0 spiro atoms. The molecular formula is C34H54F2N6O4.